The van der Waals surface area contributed by atoms with Gasteiger partial charge in [0.05, 0.1) is 42.4 Å². The number of rotatable bonds is 6. The third kappa shape index (κ3) is 4.33. The van der Waals surface area contributed by atoms with E-state index in [2.05, 4.69) is 74.7 Å². The highest BCUT2D eigenvalue weighted by molar-refractivity contribution is 14.2. The van der Waals surface area contributed by atoms with Crippen molar-refractivity contribution in [1.29, 1.82) is 0 Å². The molecule has 8 nitrogen and oxygen atoms in total. The van der Waals surface area contributed by atoms with Crippen molar-refractivity contribution >= 4 is 41.2 Å². The summed E-state index contributed by atoms with van der Waals surface area (Å²) in [5.74, 6) is 0.835. The second-order valence-electron chi connectivity index (χ2n) is 7.89. The van der Waals surface area contributed by atoms with E-state index in [0.29, 0.717) is 6.42 Å². The van der Waals surface area contributed by atoms with Gasteiger partial charge in [-0.05, 0) is 56.9 Å². The number of aryl methyl sites for hydroxylation is 1. The van der Waals surface area contributed by atoms with Gasteiger partial charge in [-0.2, -0.15) is 9.61 Å². The summed E-state index contributed by atoms with van der Waals surface area (Å²) in [5, 5.41) is 16.3. The molecule has 1 aliphatic rings. The fourth-order valence-corrected chi connectivity index (χ4v) is 5.30. The van der Waals surface area contributed by atoms with Crippen molar-refractivity contribution in [3.8, 4) is 0 Å². The summed E-state index contributed by atoms with van der Waals surface area (Å²) in [6.45, 7) is 3.88. The summed E-state index contributed by atoms with van der Waals surface area (Å²) >= 11 is -0.373. The standard InChI is InChI=1S/C22H23IN8/c1-15-4-7-21-25-26-22(31(21)27-15)11-16-5-6-20-17(10-16)12-18(13-24-20)19-14-30(28-23-19)9-8-29(2)3/h4-7,10,12-14H,8-9,11H2,1-3H3. The number of pyridine rings is 1. The van der Waals surface area contributed by atoms with E-state index in [9.17, 15) is 0 Å². The molecule has 4 aromatic rings. The van der Waals surface area contributed by atoms with E-state index in [4.69, 9.17) is 3.25 Å². The van der Waals surface area contributed by atoms with Crippen LogP contribution in [0.5, 0.6) is 0 Å². The predicted octanol–water partition coefficient (Wildman–Crippen LogP) is 3.82. The van der Waals surface area contributed by atoms with Crippen molar-refractivity contribution in [2.45, 2.75) is 13.3 Å². The average molecular weight is 526 g/mol. The maximum atomic E-state index is 4.72. The number of hydrogen-bond acceptors (Lipinski definition) is 7. The summed E-state index contributed by atoms with van der Waals surface area (Å²) in [4.78, 5) is 6.86. The molecule has 0 saturated heterocycles. The predicted molar refractivity (Wildman–Crippen MR) is 130 cm³/mol. The molecular weight excluding hydrogens is 503 g/mol. The third-order valence-corrected chi connectivity index (χ3v) is 7.30. The average Bonchev–Trinajstić information content (AvgIpc) is 3.39. The summed E-state index contributed by atoms with van der Waals surface area (Å²) in [6.07, 6.45) is 4.82. The minimum absolute atomic E-state index is 0.373. The Kier molecular flexibility index (Phi) is 5.45. The number of nitrogens with zero attached hydrogens (tertiary/aromatic N) is 8. The first-order valence-electron chi connectivity index (χ1n) is 10.1. The molecule has 0 unspecified atom stereocenters. The Balaban J connectivity index is 1.41. The molecule has 1 aliphatic heterocycles. The largest absolute Gasteiger partial charge is 0.308 e. The Labute approximate surface area is 190 Å². The van der Waals surface area contributed by atoms with Crippen LogP contribution in [0.1, 0.15) is 22.6 Å². The first-order valence-corrected chi connectivity index (χ1v) is 12.1. The molecule has 31 heavy (non-hydrogen) atoms. The molecule has 0 aliphatic carbocycles. The van der Waals surface area contributed by atoms with Crippen molar-refractivity contribution in [2.75, 3.05) is 27.2 Å². The lowest BCUT2D eigenvalue weighted by atomic mass is 10.1. The Morgan fingerprint density at radius 2 is 1.97 bits per heavy atom. The maximum Gasteiger partial charge on any atom is 0.177 e. The Bertz CT molecular complexity index is 1320. The first kappa shape index (κ1) is 20.1. The molecule has 0 spiro atoms. The highest BCUT2D eigenvalue weighted by atomic mass is 127. The van der Waals surface area contributed by atoms with Gasteiger partial charge in [-0.15, -0.1) is 13.5 Å². The lowest BCUT2D eigenvalue weighted by Crippen LogP contribution is -2.23. The van der Waals surface area contributed by atoms with E-state index < -0.39 is 0 Å². The van der Waals surface area contributed by atoms with Gasteiger partial charge < -0.3 is 4.90 Å². The number of fused-ring (bicyclic) bond motifs is 2. The highest BCUT2D eigenvalue weighted by Gasteiger charge is 2.13. The lowest BCUT2D eigenvalue weighted by Gasteiger charge is -2.14. The summed E-state index contributed by atoms with van der Waals surface area (Å²) < 4.78 is 7.85. The third-order valence-electron chi connectivity index (χ3n) is 5.11. The van der Waals surface area contributed by atoms with Crippen LogP contribution in [0.2, 0.25) is 0 Å². The molecule has 5 rings (SSSR count). The van der Waals surface area contributed by atoms with Gasteiger partial charge in [0.15, 0.2) is 11.5 Å². The van der Waals surface area contributed by atoms with Crippen LogP contribution >= 0.6 is 21.0 Å². The summed E-state index contributed by atoms with van der Waals surface area (Å²) in [7, 11) is 4.17. The maximum absolute atomic E-state index is 4.72. The molecule has 0 N–H and O–H groups in total. The number of benzene rings is 1. The van der Waals surface area contributed by atoms with Crippen LogP contribution < -0.4 is 0 Å². The Hall–Kier alpha value is -2.79. The van der Waals surface area contributed by atoms with Gasteiger partial charge in [-0.25, -0.2) is 0 Å². The van der Waals surface area contributed by atoms with Crippen LogP contribution in [0.25, 0.3) is 20.1 Å². The Morgan fingerprint density at radius 1 is 1.06 bits per heavy atom. The van der Waals surface area contributed by atoms with Crippen LogP contribution in [0, 0.1) is 6.92 Å². The van der Waals surface area contributed by atoms with Crippen molar-refractivity contribution in [3.05, 3.63) is 71.4 Å². The number of hydrogen-bond donors (Lipinski definition) is 0. The minimum atomic E-state index is -0.373. The number of aromatic nitrogens is 5. The molecule has 0 amide bonds. The molecule has 0 bridgehead atoms. The number of likely N-dealkylation sites (N-methyl/N-ethyl adjacent to an activating group) is 1. The molecule has 158 valence electrons. The highest BCUT2D eigenvalue weighted by Crippen LogP contribution is 2.35. The molecule has 9 heteroatoms. The first-order chi connectivity index (χ1) is 15.0. The van der Waals surface area contributed by atoms with Crippen LogP contribution in [0.15, 0.2) is 52.0 Å². The monoisotopic (exact) mass is 526 g/mol. The van der Waals surface area contributed by atoms with Gasteiger partial charge >= 0.3 is 0 Å². The molecular formula is C22H23IN8. The van der Waals surface area contributed by atoms with Crippen molar-refractivity contribution in [1.82, 2.24) is 34.7 Å². The second-order valence-corrected chi connectivity index (χ2v) is 9.97. The van der Waals surface area contributed by atoms with Crippen LogP contribution in [-0.4, -0.2) is 61.9 Å². The van der Waals surface area contributed by atoms with Crippen LogP contribution in [0.3, 0.4) is 0 Å². The smallest absolute Gasteiger partial charge is 0.177 e. The molecule has 3 aromatic heterocycles. The minimum Gasteiger partial charge on any atom is -0.308 e. The molecule has 0 atom stereocenters. The van der Waals surface area contributed by atoms with E-state index in [1.54, 1.807) is 0 Å². The fourth-order valence-electron chi connectivity index (χ4n) is 3.43. The molecule has 0 radical (unpaired) electrons. The summed E-state index contributed by atoms with van der Waals surface area (Å²) in [5.41, 5.74) is 5.03. The zero-order valence-corrected chi connectivity index (χ0v) is 19.9. The van der Waals surface area contributed by atoms with E-state index >= 15 is 0 Å². The van der Waals surface area contributed by atoms with Gasteiger partial charge in [-0.3, -0.25) is 9.99 Å². The van der Waals surface area contributed by atoms with Gasteiger partial charge in [0.25, 0.3) is 0 Å². The fraction of sp³-hybridized carbons (Fsp3) is 0.273. The summed E-state index contributed by atoms with van der Waals surface area (Å²) in [6, 6.07) is 12.5. The van der Waals surface area contributed by atoms with E-state index in [1.807, 2.05) is 29.8 Å². The molecule has 4 heterocycles. The van der Waals surface area contributed by atoms with Crippen molar-refractivity contribution < 1.29 is 0 Å². The van der Waals surface area contributed by atoms with Gasteiger partial charge in [0.2, 0.25) is 0 Å². The quantitative estimate of drug-likeness (QED) is 0.356. The zero-order valence-electron chi connectivity index (χ0n) is 17.7. The van der Waals surface area contributed by atoms with Gasteiger partial charge in [0.1, 0.15) is 0 Å². The van der Waals surface area contributed by atoms with Crippen LogP contribution in [0.4, 0.5) is 0 Å². The van der Waals surface area contributed by atoms with E-state index in [-0.39, 0.29) is 21.0 Å². The normalized spacial score (nSPS) is 13.9. The molecule has 0 fully saturated rings. The molecule has 1 aromatic carbocycles. The van der Waals surface area contributed by atoms with Gasteiger partial charge in [-0.1, -0.05) is 6.07 Å². The molecule has 0 saturated carbocycles. The Morgan fingerprint density at radius 3 is 2.84 bits per heavy atom. The van der Waals surface area contributed by atoms with E-state index in [0.717, 1.165) is 46.7 Å². The lowest BCUT2D eigenvalue weighted by molar-refractivity contribution is 0.324. The topological polar surface area (TPSA) is 74.8 Å². The van der Waals surface area contributed by atoms with Crippen molar-refractivity contribution in [2.24, 2.45) is 3.25 Å². The number of halogens is 1. The SMILES string of the molecule is Cc1ccc2nnc(Cc3ccc4ncc(C5=CN(CCN(C)C)N=I5)cc4c3)n2n1. The van der Waals surface area contributed by atoms with E-state index in [1.165, 1.54) is 9.14 Å². The van der Waals surface area contributed by atoms with Crippen LogP contribution in [-0.2, 0) is 6.42 Å². The van der Waals surface area contributed by atoms with Gasteiger partial charge in [0, 0.05) is 36.3 Å². The second kappa shape index (κ2) is 8.39. The zero-order chi connectivity index (χ0) is 21.4. The van der Waals surface area contributed by atoms with Crippen molar-refractivity contribution in [3.63, 3.8) is 0 Å².